The predicted molar refractivity (Wildman–Crippen MR) is 93.0 cm³/mol. The highest BCUT2D eigenvalue weighted by Gasteiger charge is 2.19. The first-order valence-electron chi connectivity index (χ1n) is 7.02. The number of para-hydroxylation sites is 1. The zero-order valence-corrected chi connectivity index (χ0v) is 14.5. The third-order valence-electron chi connectivity index (χ3n) is 3.16. The van der Waals surface area contributed by atoms with Gasteiger partial charge in [-0.1, -0.05) is 35.3 Å². The number of anilines is 1. The molecule has 1 atom stereocenters. The molecule has 0 spiro atoms. The number of hydrogen-bond acceptors (Lipinski definition) is 4. The summed E-state index contributed by atoms with van der Waals surface area (Å²) in [6.07, 6.45) is -0.839. The van der Waals surface area contributed by atoms with Gasteiger partial charge in [-0.05, 0) is 37.3 Å². The van der Waals surface area contributed by atoms with Crippen LogP contribution in [0.25, 0.3) is 0 Å². The smallest absolute Gasteiger partial charge is 0.339 e. The van der Waals surface area contributed by atoms with Gasteiger partial charge in [0.05, 0.1) is 23.4 Å². The van der Waals surface area contributed by atoms with E-state index in [1.807, 2.05) is 0 Å². The lowest BCUT2D eigenvalue weighted by Crippen LogP contribution is -2.30. The Labute approximate surface area is 149 Å². The predicted octanol–water partition coefficient (Wildman–Crippen LogP) is 4.19. The first-order chi connectivity index (χ1) is 11.4. The molecule has 0 fully saturated rings. The molecule has 1 N–H and O–H groups in total. The van der Waals surface area contributed by atoms with E-state index in [1.165, 1.54) is 13.2 Å². The molecule has 0 aliphatic rings. The van der Waals surface area contributed by atoms with Crippen LogP contribution in [-0.2, 0) is 9.53 Å². The molecular formula is C17H15Cl2NO4. The topological polar surface area (TPSA) is 64.6 Å². The van der Waals surface area contributed by atoms with Gasteiger partial charge in [0, 0.05) is 5.02 Å². The SMILES string of the molecule is COC(=O)c1ccccc1NC(=O)[C@@H](C)Oc1ccc(Cl)cc1Cl. The summed E-state index contributed by atoms with van der Waals surface area (Å²) in [4.78, 5) is 24.0. The van der Waals surface area contributed by atoms with Crippen LogP contribution in [0.2, 0.25) is 10.0 Å². The largest absolute Gasteiger partial charge is 0.479 e. The van der Waals surface area contributed by atoms with Crippen LogP contribution < -0.4 is 10.1 Å². The molecule has 126 valence electrons. The summed E-state index contributed by atoms with van der Waals surface area (Å²) >= 11 is 11.8. The molecule has 0 radical (unpaired) electrons. The first-order valence-corrected chi connectivity index (χ1v) is 7.78. The fourth-order valence-electron chi connectivity index (χ4n) is 1.93. The minimum absolute atomic E-state index is 0.255. The Balaban J connectivity index is 2.11. The Kier molecular flexibility index (Phi) is 6.06. The van der Waals surface area contributed by atoms with Crippen molar-refractivity contribution >= 4 is 40.8 Å². The molecule has 0 aliphatic heterocycles. The van der Waals surface area contributed by atoms with Gasteiger partial charge in [0.2, 0.25) is 0 Å². The number of esters is 1. The van der Waals surface area contributed by atoms with Crippen molar-refractivity contribution in [3.63, 3.8) is 0 Å². The molecule has 0 bridgehead atoms. The maximum absolute atomic E-state index is 12.3. The van der Waals surface area contributed by atoms with Gasteiger partial charge in [-0.3, -0.25) is 4.79 Å². The standard InChI is InChI=1S/C17H15Cl2NO4/c1-10(24-15-8-7-11(18)9-13(15)19)16(21)20-14-6-4-3-5-12(14)17(22)23-2/h3-10H,1-2H3,(H,20,21)/t10-/m1/s1. The summed E-state index contributed by atoms with van der Waals surface area (Å²) in [6.45, 7) is 1.57. The number of rotatable bonds is 5. The molecule has 24 heavy (non-hydrogen) atoms. The minimum atomic E-state index is -0.839. The van der Waals surface area contributed by atoms with Crippen molar-refractivity contribution in [3.05, 3.63) is 58.1 Å². The Morgan fingerprint density at radius 3 is 2.50 bits per heavy atom. The number of carbonyl (C=O) groups is 2. The average molecular weight is 368 g/mol. The van der Waals surface area contributed by atoms with Crippen LogP contribution >= 0.6 is 23.2 Å². The molecule has 1 amide bonds. The number of hydrogen-bond donors (Lipinski definition) is 1. The number of ether oxygens (including phenoxy) is 2. The zero-order valence-electron chi connectivity index (χ0n) is 13.0. The maximum atomic E-state index is 12.3. The van der Waals surface area contributed by atoms with E-state index in [1.54, 1.807) is 43.3 Å². The molecule has 2 aromatic rings. The van der Waals surface area contributed by atoms with Gasteiger partial charge in [0.1, 0.15) is 5.75 Å². The van der Waals surface area contributed by atoms with Crippen molar-refractivity contribution in [1.29, 1.82) is 0 Å². The lowest BCUT2D eigenvalue weighted by Gasteiger charge is -2.16. The molecule has 0 aromatic heterocycles. The van der Waals surface area contributed by atoms with E-state index in [-0.39, 0.29) is 5.56 Å². The van der Waals surface area contributed by atoms with E-state index < -0.39 is 18.0 Å². The second-order valence-electron chi connectivity index (χ2n) is 4.86. The number of amides is 1. The third kappa shape index (κ3) is 4.40. The highest BCUT2D eigenvalue weighted by atomic mass is 35.5. The third-order valence-corrected chi connectivity index (χ3v) is 3.69. The second-order valence-corrected chi connectivity index (χ2v) is 5.70. The van der Waals surface area contributed by atoms with Gasteiger partial charge in [0.15, 0.2) is 6.10 Å². The fourth-order valence-corrected chi connectivity index (χ4v) is 2.38. The number of nitrogens with one attached hydrogen (secondary N) is 1. The lowest BCUT2D eigenvalue weighted by atomic mass is 10.1. The number of carbonyl (C=O) groups excluding carboxylic acids is 2. The van der Waals surface area contributed by atoms with Crippen LogP contribution in [0.5, 0.6) is 5.75 Å². The zero-order chi connectivity index (χ0) is 17.7. The maximum Gasteiger partial charge on any atom is 0.339 e. The van der Waals surface area contributed by atoms with Gasteiger partial charge < -0.3 is 14.8 Å². The molecule has 0 saturated heterocycles. The van der Waals surface area contributed by atoms with E-state index in [9.17, 15) is 9.59 Å². The van der Waals surface area contributed by atoms with Gasteiger partial charge in [-0.25, -0.2) is 4.79 Å². The minimum Gasteiger partial charge on any atom is -0.479 e. The highest BCUT2D eigenvalue weighted by molar-refractivity contribution is 6.35. The monoisotopic (exact) mass is 367 g/mol. The van der Waals surface area contributed by atoms with Crippen molar-refractivity contribution in [3.8, 4) is 5.75 Å². The van der Waals surface area contributed by atoms with E-state index >= 15 is 0 Å². The van der Waals surface area contributed by atoms with Crippen LogP contribution in [0, 0.1) is 0 Å². The second kappa shape index (κ2) is 8.04. The number of methoxy groups -OCH3 is 1. The van der Waals surface area contributed by atoms with Gasteiger partial charge in [-0.2, -0.15) is 0 Å². The normalized spacial score (nSPS) is 11.5. The van der Waals surface area contributed by atoms with Crippen molar-refractivity contribution < 1.29 is 19.1 Å². The Hall–Kier alpha value is -2.24. The summed E-state index contributed by atoms with van der Waals surface area (Å²) in [5.74, 6) is -0.637. The van der Waals surface area contributed by atoms with E-state index in [4.69, 9.17) is 32.7 Å². The lowest BCUT2D eigenvalue weighted by molar-refractivity contribution is -0.122. The van der Waals surface area contributed by atoms with Crippen LogP contribution in [-0.4, -0.2) is 25.1 Å². The first kappa shape index (κ1) is 18.1. The molecule has 2 rings (SSSR count). The van der Waals surface area contributed by atoms with Crippen LogP contribution in [0.1, 0.15) is 17.3 Å². The summed E-state index contributed by atoms with van der Waals surface area (Å²) in [7, 11) is 1.27. The van der Waals surface area contributed by atoms with Crippen LogP contribution in [0.4, 0.5) is 5.69 Å². The van der Waals surface area contributed by atoms with Crippen LogP contribution in [0.15, 0.2) is 42.5 Å². The molecular weight excluding hydrogens is 353 g/mol. The molecule has 0 saturated carbocycles. The number of halogens is 2. The van der Waals surface area contributed by atoms with Gasteiger partial charge in [-0.15, -0.1) is 0 Å². The molecule has 5 nitrogen and oxygen atoms in total. The molecule has 2 aromatic carbocycles. The Morgan fingerprint density at radius 1 is 1.12 bits per heavy atom. The van der Waals surface area contributed by atoms with Crippen molar-refractivity contribution in [1.82, 2.24) is 0 Å². The average Bonchev–Trinajstić information content (AvgIpc) is 2.57. The van der Waals surface area contributed by atoms with Crippen molar-refractivity contribution in [2.45, 2.75) is 13.0 Å². The van der Waals surface area contributed by atoms with E-state index in [0.29, 0.717) is 21.5 Å². The van der Waals surface area contributed by atoms with Crippen molar-refractivity contribution in [2.75, 3.05) is 12.4 Å². The van der Waals surface area contributed by atoms with Gasteiger partial charge in [0.25, 0.3) is 5.91 Å². The molecule has 0 heterocycles. The summed E-state index contributed by atoms with van der Waals surface area (Å²) in [5.41, 5.74) is 0.595. The van der Waals surface area contributed by atoms with E-state index in [2.05, 4.69) is 5.32 Å². The highest BCUT2D eigenvalue weighted by Crippen LogP contribution is 2.28. The molecule has 0 unspecified atom stereocenters. The summed E-state index contributed by atoms with van der Waals surface area (Å²) in [5, 5.41) is 3.41. The number of benzene rings is 2. The Bertz CT molecular complexity index is 764. The summed E-state index contributed by atoms with van der Waals surface area (Å²) in [6, 6.07) is 11.3. The summed E-state index contributed by atoms with van der Waals surface area (Å²) < 4.78 is 10.2. The van der Waals surface area contributed by atoms with Gasteiger partial charge >= 0.3 is 5.97 Å². The quantitative estimate of drug-likeness (QED) is 0.804. The van der Waals surface area contributed by atoms with Crippen LogP contribution in [0.3, 0.4) is 0 Å². The Morgan fingerprint density at radius 2 is 1.83 bits per heavy atom. The van der Waals surface area contributed by atoms with E-state index in [0.717, 1.165) is 0 Å². The molecule has 0 aliphatic carbocycles. The fraction of sp³-hybridized carbons (Fsp3) is 0.176. The molecule has 7 heteroatoms. The van der Waals surface area contributed by atoms with Crippen molar-refractivity contribution in [2.24, 2.45) is 0 Å².